The van der Waals surface area contributed by atoms with Gasteiger partial charge in [-0.3, -0.25) is 4.79 Å². The molecule has 0 aliphatic carbocycles. The van der Waals surface area contributed by atoms with Crippen LogP contribution in [-0.2, 0) is 11.2 Å². The molecule has 1 amide bonds. The van der Waals surface area contributed by atoms with Gasteiger partial charge in [-0.25, -0.2) is 4.79 Å². The van der Waals surface area contributed by atoms with E-state index in [9.17, 15) is 9.59 Å². The third-order valence-corrected chi connectivity index (χ3v) is 2.48. The molecule has 88 valence electrons. The first-order valence-electron chi connectivity index (χ1n) is 5.13. The fourth-order valence-corrected chi connectivity index (χ4v) is 1.65. The van der Waals surface area contributed by atoms with E-state index in [0.717, 1.165) is 5.39 Å². The van der Waals surface area contributed by atoms with Crippen LogP contribution in [0.3, 0.4) is 0 Å². The summed E-state index contributed by atoms with van der Waals surface area (Å²) in [5.74, 6) is -0.159. The SMILES string of the molecule is CNC(=O)Cc1cc(=O)oc2cc(N)ccc12. The molecule has 1 aromatic carbocycles. The molecule has 0 saturated carbocycles. The van der Waals surface area contributed by atoms with Gasteiger partial charge < -0.3 is 15.5 Å². The zero-order valence-corrected chi connectivity index (χ0v) is 9.32. The van der Waals surface area contributed by atoms with E-state index in [0.29, 0.717) is 16.8 Å². The molecule has 0 atom stereocenters. The maximum absolute atomic E-state index is 11.3. The molecule has 0 fully saturated rings. The van der Waals surface area contributed by atoms with Gasteiger partial charge in [0.1, 0.15) is 5.58 Å². The van der Waals surface area contributed by atoms with Crippen LogP contribution in [0.2, 0.25) is 0 Å². The zero-order chi connectivity index (χ0) is 12.4. The van der Waals surface area contributed by atoms with Gasteiger partial charge in [0.05, 0.1) is 6.42 Å². The molecular weight excluding hydrogens is 220 g/mol. The van der Waals surface area contributed by atoms with Gasteiger partial charge in [-0.05, 0) is 17.7 Å². The van der Waals surface area contributed by atoms with Gasteiger partial charge in [-0.1, -0.05) is 0 Å². The van der Waals surface area contributed by atoms with Gasteiger partial charge in [0.2, 0.25) is 5.91 Å². The van der Waals surface area contributed by atoms with E-state index in [4.69, 9.17) is 10.2 Å². The average Bonchev–Trinajstić information content (AvgIpc) is 2.27. The van der Waals surface area contributed by atoms with Crippen molar-refractivity contribution in [3.8, 4) is 0 Å². The number of carbonyl (C=O) groups excluding carboxylic acids is 1. The first kappa shape index (κ1) is 11.2. The molecule has 0 bridgehead atoms. The number of hydrogen-bond donors (Lipinski definition) is 2. The molecule has 0 aliphatic heterocycles. The first-order chi connectivity index (χ1) is 8.10. The van der Waals surface area contributed by atoms with Crippen LogP contribution in [-0.4, -0.2) is 13.0 Å². The number of fused-ring (bicyclic) bond motifs is 1. The summed E-state index contributed by atoms with van der Waals surface area (Å²) in [6.45, 7) is 0. The summed E-state index contributed by atoms with van der Waals surface area (Å²) in [5, 5.41) is 3.24. The second kappa shape index (κ2) is 4.29. The van der Waals surface area contributed by atoms with Gasteiger partial charge in [0.25, 0.3) is 0 Å². The smallest absolute Gasteiger partial charge is 0.336 e. The predicted molar refractivity (Wildman–Crippen MR) is 64.7 cm³/mol. The summed E-state index contributed by atoms with van der Waals surface area (Å²) >= 11 is 0. The van der Waals surface area contributed by atoms with Crippen molar-refractivity contribution in [3.63, 3.8) is 0 Å². The highest BCUT2D eigenvalue weighted by molar-refractivity contribution is 5.88. The van der Waals surface area contributed by atoms with Crippen LogP contribution in [0.4, 0.5) is 5.69 Å². The quantitative estimate of drug-likeness (QED) is 0.588. The topological polar surface area (TPSA) is 85.3 Å². The van der Waals surface area contributed by atoms with Crippen LogP contribution < -0.4 is 16.7 Å². The third-order valence-electron chi connectivity index (χ3n) is 2.48. The maximum atomic E-state index is 11.3. The summed E-state index contributed by atoms with van der Waals surface area (Å²) in [6, 6.07) is 6.35. The molecule has 0 aliphatic rings. The average molecular weight is 232 g/mol. The molecule has 5 nitrogen and oxygen atoms in total. The number of amides is 1. The fraction of sp³-hybridized carbons (Fsp3) is 0.167. The van der Waals surface area contributed by atoms with Crippen molar-refractivity contribution in [1.82, 2.24) is 5.32 Å². The van der Waals surface area contributed by atoms with Gasteiger partial charge in [0.15, 0.2) is 0 Å². The van der Waals surface area contributed by atoms with Crippen molar-refractivity contribution in [2.24, 2.45) is 0 Å². The van der Waals surface area contributed by atoms with Crippen molar-refractivity contribution >= 4 is 22.6 Å². The number of benzene rings is 1. The Morgan fingerprint density at radius 3 is 2.88 bits per heavy atom. The molecule has 2 aromatic rings. The Hall–Kier alpha value is -2.30. The number of nitrogens with two attached hydrogens (primary N) is 1. The molecule has 0 saturated heterocycles. The Labute approximate surface area is 97.2 Å². The van der Waals surface area contributed by atoms with Gasteiger partial charge in [-0.15, -0.1) is 0 Å². The number of hydrogen-bond acceptors (Lipinski definition) is 4. The molecule has 1 heterocycles. The number of nitrogen functional groups attached to an aromatic ring is 1. The number of carbonyl (C=O) groups is 1. The lowest BCUT2D eigenvalue weighted by atomic mass is 10.1. The van der Waals surface area contributed by atoms with E-state index < -0.39 is 5.63 Å². The van der Waals surface area contributed by atoms with Crippen molar-refractivity contribution in [3.05, 3.63) is 40.2 Å². The highest BCUT2D eigenvalue weighted by atomic mass is 16.4. The molecule has 2 rings (SSSR count). The first-order valence-corrected chi connectivity index (χ1v) is 5.13. The molecule has 1 aromatic heterocycles. The highest BCUT2D eigenvalue weighted by Crippen LogP contribution is 2.19. The Kier molecular flexibility index (Phi) is 2.82. The van der Waals surface area contributed by atoms with Crippen molar-refractivity contribution < 1.29 is 9.21 Å². The van der Waals surface area contributed by atoms with Crippen LogP contribution >= 0.6 is 0 Å². The van der Waals surface area contributed by atoms with E-state index in [2.05, 4.69) is 5.32 Å². The standard InChI is InChI=1S/C12H12N2O3/c1-14-11(15)4-7-5-12(16)17-10-6-8(13)2-3-9(7)10/h2-3,5-6H,4,13H2,1H3,(H,14,15). The minimum absolute atomic E-state index is 0.141. The zero-order valence-electron chi connectivity index (χ0n) is 9.32. The summed E-state index contributed by atoms with van der Waals surface area (Å²) in [6.07, 6.45) is 0.141. The van der Waals surface area contributed by atoms with Crippen molar-refractivity contribution in [2.45, 2.75) is 6.42 Å². The molecule has 0 radical (unpaired) electrons. The molecule has 3 N–H and O–H groups in total. The largest absolute Gasteiger partial charge is 0.423 e. The second-order valence-electron chi connectivity index (χ2n) is 3.70. The van der Waals surface area contributed by atoms with Crippen LogP contribution in [0.25, 0.3) is 11.0 Å². The van der Waals surface area contributed by atoms with E-state index >= 15 is 0 Å². The van der Waals surface area contributed by atoms with Crippen LogP contribution in [0.5, 0.6) is 0 Å². The Morgan fingerprint density at radius 1 is 1.41 bits per heavy atom. The normalized spacial score (nSPS) is 10.4. The van der Waals surface area contributed by atoms with Gasteiger partial charge in [-0.2, -0.15) is 0 Å². The molecule has 17 heavy (non-hydrogen) atoms. The Bertz CT molecular complexity index is 631. The van der Waals surface area contributed by atoms with Crippen molar-refractivity contribution in [2.75, 3.05) is 12.8 Å². The lowest BCUT2D eigenvalue weighted by Crippen LogP contribution is -2.20. The summed E-state index contributed by atoms with van der Waals surface area (Å²) in [5.41, 5.74) is 6.67. The summed E-state index contributed by atoms with van der Waals surface area (Å²) < 4.78 is 5.03. The van der Waals surface area contributed by atoms with E-state index in [1.54, 1.807) is 25.2 Å². The van der Waals surface area contributed by atoms with E-state index in [-0.39, 0.29) is 12.3 Å². The molecule has 0 unspecified atom stereocenters. The van der Waals surface area contributed by atoms with Crippen molar-refractivity contribution in [1.29, 1.82) is 0 Å². The Balaban J connectivity index is 2.61. The molecular formula is C12H12N2O3. The van der Waals surface area contributed by atoms with E-state index in [1.807, 2.05) is 0 Å². The van der Waals surface area contributed by atoms with E-state index in [1.165, 1.54) is 6.07 Å². The van der Waals surface area contributed by atoms with Gasteiger partial charge >= 0.3 is 5.63 Å². The lowest BCUT2D eigenvalue weighted by Gasteiger charge is -2.05. The number of nitrogens with one attached hydrogen (secondary N) is 1. The Morgan fingerprint density at radius 2 is 2.18 bits per heavy atom. The number of anilines is 1. The van der Waals surface area contributed by atoms with Crippen LogP contribution in [0.15, 0.2) is 33.5 Å². The maximum Gasteiger partial charge on any atom is 0.336 e. The monoisotopic (exact) mass is 232 g/mol. The molecule has 5 heteroatoms. The number of rotatable bonds is 2. The number of likely N-dealkylation sites (N-methyl/N-ethyl adjacent to an activating group) is 1. The minimum Gasteiger partial charge on any atom is -0.423 e. The lowest BCUT2D eigenvalue weighted by molar-refractivity contribution is -0.119. The third kappa shape index (κ3) is 2.28. The van der Waals surface area contributed by atoms with Crippen LogP contribution in [0, 0.1) is 0 Å². The minimum atomic E-state index is -0.484. The second-order valence-corrected chi connectivity index (χ2v) is 3.70. The highest BCUT2D eigenvalue weighted by Gasteiger charge is 2.09. The molecule has 0 spiro atoms. The predicted octanol–water partition coefficient (Wildman–Crippen LogP) is 0.664. The van der Waals surface area contributed by atoms with Gasteiger partial charge in [0, 0.05) is 30.3 Å². The fourth-order valence-electron chi connectivity index (χ4n) is 1.65. The summed E-state index contributed by atoms with van der Waals surface area (Å²) in [4.78, 5) is 22.7. The van der Waals surface area contributed by atoms with Crippen LogP contribution in [0.1, 0.15) is 5.56 Å². The summed E-state index contributed by atoms with van der Waals surface area (Å²) in [7, 11) is 1.55.